The molecule has 4 rings (SSSR count). The molecule has 2 saturated heterocycles. The molecule has 3 aliphatic rings. The predicted molar refractivity (Wildman–Crippen MR) is 89.3 cm³/mol. The lowest BCUT2D eigenvalue weighted by atomic mass is 9.89. The summed E-state index contributed by atoms with van der Waals surface area (Å²) in [5.41, 5.74) is 0.663. The Hall–Kier alpha value is -1.89. The van der Waals surface area contributed by atoms with Crippen molar-refractivity contribution in [3.8, 4) is 0 Å². The number of hydrogen-bond donors (Lipinski definition) is 3. The summed E-state index contributed by atoms with van der Waals surface area (Å²) < 4.78 is 1.57. The van der Waals surface area contributed by atoms with Crippen LogP contribution < -0.4 is 16.0 Å². The standard InChI is InChI=1S/C17H25N5O2/c23-16(7-11-5-13-3-4-14(6-11)19-13)21-15-8-18-22(9-15)10-17(24)20-12-1-2-12/h8-9,11-14,19H,1-7,10H2,(H,20,24)(H,21,23). The molecule has 7 heteroatoms. The number of nitrogens with one attached hydrogen (secondary N) is 3. The topological polar surface area (TPSA) is 88.1 Å². The van der Waals surface area contributed by atoms with Gasteiger partial charge in [0, 0.05) is 30.7 Å². The lowest BCUT2D eigenvalue weighted by molar-refractivity contribution is -0.122. The summed E-state index contributed by atoms with van der Waals surface area (Å²) in [5.74, 6) is 0.495. The molecule has 24 heavy (non-hydrogen) atoms. The van der Waals surface area contributed by atoms with Crippen molar-refractivity contribution in [3.63, 3.8) is 0 Å². The van der Waals surface area contributed by atoms with E-state index < -0.39 is 0 Å². The van der Waals surface area contributed by atoms with E-state index >= 15 is 0 Å². The maximum Gasteiger partial charge on any atom is 0.241 e. The van der Waals surface area contributed by atoms with Crippen LogP contribution in [0.1, 0.15) is 44.9 Å². The van der Waals surface area contributed by atoms with Gasteiger partial charge in [0.15, 0.2) is 0 Å². The van der Waals surface area contributed by atoms with E-state index in [1.807, 2.05) is 0 Å². The molecule has 2 unspecified atom stereocenters. The van der Waals surface area contributed by atoms with E-state index in [-0.39, 0.29) is 18.4 Å². The SMILES string of the molecule is O=C(CC1CC2CCC(C1)N2)Nc1cnn(CC(=O)NC2CC2)c1. The van der Waals surface area contributed by atoms with Crippen LogP contribution in [0.5, 0.6) is 0 Å². The van der Waals surface area contributed by atoms with Crippen LogP contribution in [0.25, 0.3) is 0 Å². The van der Waals surface area contributed by atoms with E-state index in [2.05, 4.69) is 21.0 Å². The van der Waals surface area contributed by atoms with Crippen molar-refractivity contribution < 1.29 is 9.59 Å². The highest BCUT2D eigenvalue weighted by molar-refractivity contribution is 5.90. The van der Waals surface area contributed by atoms with Crippen molar-refractivity contribution in [2.75, 3.05) is 5.32 Å². The zero-order valence-electron chi connectivity index (χ0n) is 13.8. The molecule has 2 aliphatic heterocycles. The second-order valence-corrected chi connectivity index (χ2v) is 7.50. The number of hydrogen-bond acceptors (Lipinski definition) is 4. The van der Waals surface area contributed by atoms with Crippen molar-refractivity contribution in [1.29, 1.82) is 0 Å². The Kier molecular flexibility index (Phi) is 4.26. The lowest BCUT2D eigenvalue weighted by Crippen LogP contribution is -2.39. The van der Waals surface area contributed by atoms with Crippen molar-refractivity contribution in [2.45, 2.75) is 69.6 Å². The largest absolute Gasteiger partial charge is 0.352 e. The van der Waals surface area contributed by atoms with Gasteiger partial charge in [-0.25, -0.2) is 0 Å². The van der Waals surface area contributed by atoms with Crippen molar-refractivity contribution in [1.82, 2.24) is 20.4 Å². The van der Waals surface area contributed by atoms with E-state index in [0.717, 1.165) is 25.7 Å². The number of aromatic nitrogens is 2. The Bertz CT molecular complexity index is 612. The first kappa shape index (κ1) is 15.6. The Morgan fingerprint density at radius 2 is 1.92 bits per heavy atom. The first-order valence-corrected chi connectivity index (χ1v) is 9.02. The van der Waals surface area contributed by atoms with Crippen LogP contribution in [0.2, 0.25) is 0 Å². The van der Waals surface area contributed by atoms with E-state index in [0.29, 0.717) is 36.2 Å². The van der Waals surface area contributed by atoms with Gasteiger partial charge in [-0.15, -0.1) is 0 Å². The third-order valence-electron chi connectivity index (χ3n) is 5.21. The molecule has 3 N–H and O–H groups in total. The number of carbonyl (C=O) groups is 2. The normalized spacial score (nSPS) is 28.6. The van der Waals surface area contributed by atoms with Crippen LogP contribution in [-0.4, -0.2) is 39.7 Å². The molecule has 130 valence electrons. The molecule has 2 bridgehead atoms. The maximum absolute atomic E-state index is 12.3. The van der Waals surface area contributed by atoms with Crippen LogP contribution >= 0.6 is 0 Å². The van der Waals surface area contributed by atoms with Gasteiger partial charge < -0.3 is 16.0 Å². The minimum atomic E-state index is -0.0244. The monoisotopic (exact) mass is 331 g/mol. The number of piperidine rings is 1. The molecule has 0 spiro atoms. The highest BCUT2D eigenvalue weighted by atomic mass is 16.2. The first-order chi connectivity index (χ1) is 11.6. The third kappa shape index (κ3) is 3.95. The number of carbonyl (C=O) groups excluding carboxylic acids is 2. The van der Waals surface area contributed by atoms with Crippen molar-refractivity contribution in [2.24, 2.45) is 5.92 Å². The minimum Gasteiger partial charge on any atom is -0.352 e. The molecule has 3 fully saturated rings. The van der Waals surface area contributed by atoms with Gasteiger partial charge in [0.1, 0.15) is 6.54 Å². The quantitative estimate of drug-likeness (QED) is 0.726. The molecule has 2 atom stereocenters. The molecule has 1 saturated carbocycles. The van der Waals surface area contributed by atoms with Crippen LogP contribution in [0, 0.1) is 5.92 Å². The minimum absolute atomic E-state index is 0.0244. The van der Waals surface area contributed by atoms with E-state index in [1.54, 1.807) is 17.1 Å². The zero-order chi connectivity index (χ0) is 16.5. The number of fused-ring (bicyclic) bond motifs is 2. The molecule has 7 nitrogen and oxygen atoms in total. The number of rotatable bonds is 6. The molecular formula is C17H25N5O2. The lowest BCUT2D eigenvalue weighted by Gasteiger charge is -2.28. The molecule has 1 aliphatic carbocycles. The van der Waals surface area contributed by atoms with Crippen molar-refractivity contribution >= 4 is 17.5 Å². The fourth-order valence-corrected chi connectivity index (χ4v) is 3.98. The Morgan fingerprint density at radius 1 is 1.17 bits per heavy atom. The second-order valence-electron chi connectivity index (χ2n) is 7.50. The van der Waals surface area contributed by atoms with Gasteiger partial charge in [0.2, 0.25) is 11.8 Å². The van der Waals surface area contributed by atoms with Gasteiger partial charge in [-0.1, -0.05) is 0 Å². The van der Waals surface area contributed by atoms with Gasteiger partial charge in [-0.05, 0) is 44.4 Å². The van der Waals surface area contributed by atoms with Gasteiger partial charge in [0.05, 0.1) is 11.9 Å². The average Bonchev–Trinajstić information content (AvgIpc) is 3.13. The molecular weight excluding hydrogens is 306 g/mol. The van der Waals surface area contributed by atoms with E-state index in [1.165, 1.54) is 12.8 Å². The maximum atomic E-state index is 12.3. The zero-order valence-corrected chi connectivity index (χ0v) is 13.8. The highest BCUT2D eigenvalue weighted by Crippen LogP contribution is 2.32. The Labute approximate surface area is 141 Å². The summed E-state index contributed by atoms with van der Waals surface area (Å²) in [4.78, 5) is 24.0. The molecule has 0 radical (unpaired) electrons. The smallest absolute Gasteiger partial charge is 0.241 e. The summed E-state index contributed by atoms with van der Waals surface area (Å²) in [6, 6.07) is 1.57. The van der Waals surface area contributed by atoms with E-state index in [9.17, 15) is 9.59 Å². The first-order valence-electron chi connectivity index (χ1n) is 9.02. The van der Waals surface area contributed by atoms with E-state index in [4.69, 9.17) is 0 Å². The number of nitrogens with zero attached hydrogens (tertiary/aromatic N) is 2. The van der Waals surface area contributed by atoms with Gasteiger partial charge in [-0.3, -0.25) is 14.3 Å². The number of anilines is 1. The molecule has 1 aromatic rings. The highest BCUT2D eigenvalue weighted by Gasteiger charge is 2.34. The molecule has 1 aromatic heterocycles. The van der Waals surface area contributed by atoms with Crippen LogP contribution in [0.3, 0.4) is 0 Å². The second kappa shape index (κ2) is 6.55. The van der Waals surface area contributed by atoms with Crippen LogP contribution in [-0.2, 0) is 16.1 Å². The predicted octanol–water partition coefficient (Wildman–Crippen LogP) is 1.02. The summed E-state index contributed by atoms with van der Waals surface area (Å²) in [6.07, 6.45) is 10.7. The Morgan fingerprint density at radius 3 is 2.62 bits per heavy atom. The van der Waals surface area contributed by atoms with Crippen LogP contribution in [0.15, 0.2) is 12.4 Å². The average molecular weight is 331 g/mol. The molecule has 2 amide bonds. The van der Waals surface area contributed by atoms with Crippen LogP contribution in [0.4, 0.5) is 5.69 Å². The fraction of sp³-hybridized carbons (Fsp3) is 0.706. The van der Waals surface area contributed by atoms with Gasteiger partial charge in [0.25, 0.3) is 0 Å². The summed E-state index contributed by atoms with van der Waals surface area (Å²) >= 11 is 0. The van der Waals surface area contributed by atoms with Gasteiger partial charge >= 0.3 is 0 Å². The fourth-order valence-electron chi connectivity index (χ4n) is 3.98. The molecule has 3 heterocycles. The van der Waals surface area contributed by atoms with Crippen molar-refractivity contribution in [3.05, 3.63) is 12.4 Å². The summed E-state index contributed by atoms with van der Waals surface area (Å²) in [7, 11) is 0. The Balaban J connectivity index is 1.24. The third-order valence-corrected chi connectivity index (χ3v) is 5.21. The molecule has 0 aromatic carbocycles. The van der Waals surface area contributed by atoms with Gasteiger partial charge in [-0.2, -0.15) is 5.10 Å². The summed E-state index contributed by atoms with van der Waals surface area (Å²) in [5, 5.41) is 13.6. The summed E-state index contributed by atoms with van der Waals surface area (Å²) in [6.45, 7) is 0.198. The number of amides is 2.